The van der Waals surface area contributed by atoms with Gasteiger partial charge in [-0.1, -0.05) is 29.3 Å². The molecule has 0 bridgehead atoms. The van der Waals surface area contributed by atoms with Gasteiger partial charge in [0.1, 0.15) is 4.75 Å². The number of hydrogen-bond acceptors (Lipinski definition) is 3. The highest BCUT2D eigenvalue weighted by molar-refractivity contribution is 8.01. The van der Waals surface area contributed by atoms with Gasteiger partial charge in [-0.3, -0.25) is 9.78 Å². The second-order valence-corrected chi connectivity index (χ2v) is 7.38. The molecule has 6 heteroatoms. The Bertz CT molecular complexity index is 689. The third-order valence-electron chi connectivity index (χ3n) is 2.84. The van der Waals surface area contributed by atoms with Gasteiger partial charge in [0.05, 0.1) is 15.7 Å². The Labute approximate surface area is 137 Å². The monoisotopic (exact) mass is 341 g/mol. The highest BCUT2D eigenvalue weighted by atomic mass is 35.5. The molecule has 0 aliphatic heterocycles. The molecular formula is C15H13Cl2NO2S. The number of benzene rings is 1. The Balaban J connectivity index is 2.46. The van der Waals surface area contributed by atoms with Crippen LogP contribution in [0.25, 0.3) is 11.3 Å². The summed E-state index contributed by atoms with van der Waals surface area (Å²) >= 11 is 13.2. The van der Waals surface area contributed by atoms with E-state index in [0.29, 0.717) is 15.7 Å². The van der Waals surface area contributed by atoms with Crippen molar-refractivity contribution in [2.24, 2.45) is 0 Å². The van der Waals surface area contributed by atoms with Crippen LogP contribution in [0.1, 0.15) is 13.8 Å². The SMILES string of the molecule is CC(C)(Sc1cccnc1-c1ccc(Cl)c(Cl)c1)C(=O)O. The van der Waals surface area contributed by atoms with Crippen LogP contribution >= 0.6 is 35.0 Å². The summed E-state index contributed by atoms with van der Waals surface area (Å²) in [5.41, 5.74) is 1.49. The Hall–Kier alpha value is -1.23. The van der Waals surface area contributed by atoms with E-state index in [4.69, 9.17) is 23.2 Å². The first-order chi connectivity index (χ1) is 9.81. The van der Waals surface area contributed by atoms with E-state index in [0.717, 1.165) is 10.5 Å². The first kappa shape index (κ1) is 16.1. The largest absolute Gasteiger partial charge is 0.480 e. The van der Waals surface area contributed by atoms with E-state index in [1.54, 1.807) is 38.2 Å². The fourth-order valence-electron chi connectivity index (χ4n) is 1.65. The summed E-state index contributed by atoms with van der Waals surface area (Å²) in [5, 5.41) is 10.2. The van der Waals surface area contributed by atoms with Gasteiger partial charge in [0.15, 0.2) is 0 Å². The molecule has 1 N–H and O–H groups in total. The van der Waals surface area contributed by atoms with Crippen LogP contribution in [0.4, 0.5) is 0 Å². The van der Waals surface area contributed by atoms with Crippen LogP contribution in [0, 0.1) is 0 Å². The highest BCUT2D eigenvalue weighted by Crippen LogP contribution is 2.39. The third-order valence-corrected chi connectivity index (χ3v) is 4.82. The Morgan fingerprint density at radius 2 is 1.95 bits per heavy atom. The summed E-state index contributed by atoms with van der Waals surface area (Å²) in [6.07, 6.45) is 1.66. The lowest BCUT2D eigenvalue weighted by Crippen LogP contribution is -2.27. The van der Waals surface area contributed by atoms with Gasteiger partial charge < -0.3 is 5.11 Å². The third kappa shape index (κ3) is 3.70. The summed E-state index contributed by atoms with van der Waals surface area (Å²) in [6.45, 7) is 3.32. The number of pyridine rings is 1. The molecule has 1 aromatic carbocycles. The second-order valence-electron chi connectivity index (χ2n) is 4.90. The molecule has 2 rings (SSSR count). The van der Waals surface area contributed by atoms with Gasteiger partial charge in [0.2, 0.25) is 0 Å². The zero-order chi connectivity index (χ0) is 15.6. The lowest BCUT2D eigenvalue weighted by molar-refractivity contribution is -0.138. The predicted octanol–water partition coefficient (Wildman–Crippen LogP) is 5.01. The number of aliphatic carboxylic acids is 1. The van der Waals surface area contributed by atoms with E-state index >= 15 is 0 Å². The summed E-state index contributed by atoms with van der Waals surface area (Å²) in [4.78, 5) is 16.4. The molecule has 0 fully saturated rings. The van der Waals surface area contributed by atoms with Crippen molar-refractivity contribution >= 4 is 40.9 Å². The molecule has 1 heterocycles. The zero-order valence-electron chi connectivity index (χ0n) is 11.4. The molecule has 0 saturated carbocycles. The molecule has 3 nitrogen and oxygen atoms in total. The molecule has 0 amide bonds. The number of rotatable bonds is 4. The standard InChI is InChI=1S/C15H13Cl2NO2S/c1-15(2,14(19)20)21-12-4-3-7-18-13(12)9-5-6-10(16)11(17)8-9/h3-8H,1-2H3,(H,19,20). The Morgan fingerprint density at radius 1 is 1.24 bits per heavy atom. The highest BCUT2D eigenvalue weighted by Gasteiger charge is 2.29. The molecule has 0 saturated heterocycles. The van der Waals surface area contributed by atoms with Gasteiger partial charge in [-0.25, -0.2) is 0 Å². The minimum Gasteiger partial charge on any atom is -0.480 e. The molecule has 0 radical (unpaired) electrons. The lowest BCUT2D eigenvalue weighted by Gasteiger charge is -2.20. The van der Waals surface area contributed by atoms with Crippen LogP contribution < -0.4 is 0 Å². The van der Waals surface area contributed by atoms with Crippen molar-refractivity contribution in [3.63, 3.8) is 0 Å². The molecular weight excluding hydrogens is 329 g/mol. The van der Waals surface area contributed by atoms with Crippen molar-refractivity contribution in [1.82, 2.24) is 4.98 Å². The van der Waals surface area contributed by atoms with E-state index in [1.165, 1.54) is 11.8 Å². The van der Waals surface area contributed by atoms with Gasteiger partial charge in [-0.05, 0) is 38.1 Å². The molecule has 21 heavy (non-hydrogen) atoms. The summed E-state index contributed by atoms with van der Waals surface area (Å²) < 4.78 is -0.950. The van der Waals surface area contributed by atoms with Crippen LogP contribution in [-0.2, 0) is 4.79 Å². The van der Waals surface area contributed by atoms with Crippen LogP contribution in [0.3, 0.4) is 0 Å². The molecule has 0 aliphatic carbocycles. The zero-order valence-corrected chi connectivity index (χ0v) is 13.8. The number of carboxylic acid groups (broad SMARTS) is 1. The number of hydrogen-bond donors (Lipinski definition) is 1. The van der Waals surface area contributed by atoms with Gasteiger partial charge in [-0.2, -0.15) is 0 Å². The maximum Gasteiger partial charge on any atom is 0.319 e. The smallest absolute Gasteiger partial charge is 0.319 e. The number of aromatic nitrogens is 1. The molecule has 2 aromatic rings. The van der Waals surface area contributed by atoms with Gasteiger partial charge in [0.25, 0.3) is 0 Å². The molecule has 0 spiro atoms. The average molecular weight is 342 g/mol. The number of nitrogens with zero attached hydrogens (tertiary/aromatic N) is 1. The number of carbonyl (C=O) groups is 1. The van der Waals surface area contributed by atoms with Gasteiger partial charge in [-0.15, -0.1) is 11.8 Å². The normalized spacial score (nSPS) is 11.4. The van der Waals surface area contributed by atoms with E-state index in [-0.39, 0.29) is 0 Å². The fraction of sp³-hybridized carbons (Fsp3) is 0.200. The first-order valence-electron chi connectivity index (χ1n) is 6.14. The topological polar surface area (TPSA) is 50.2 Å². The molecule has 1 aromatic heterocycles. The lowest BCUT2D eigenvalue weighted by atomic mass is 10.1. The number of halogens is 2. The maximum atomic E-state index is 11.3. The van der Waals surface area contributed by atoms with Crippen molar-refractivity contribution in [1.29, 1.82) is 0 Å². The van der Waals surface area contributed by atoms with Crippen LogP contribution in [0.15, 0.2) is 41.4 Å². The second kappa shape index (κ2) is 6.26. The van der Waals surface area contributed by atoms with Crippen LogP contribution in [-0.4, -0.2) is 20.8 Å². The molecule has 0 unspecified atom stereocenters. The van der Waals surface area contributed by atoms with Crippen molar-refractivity contribution in [3.05, 3.63) is 46.6 Å². The summed E-state index contributed by atoms with van der Waals surface area (Å²) in [7, 11) is 0. The number of carboxylic acids is 1. The van der Waals surface area contributed by atoms with Gasteiger partial charge >= 0.3 is 5.97 Å². The van der Waals surface area contributed by atoms with Crippen LogP contribution in [0.2, 0.25) is 10.0 Å². The predicted molar refractivity (Wildman–Crippen MR) is 87.3 cm³/mol. The van der Waals surface area contributed by atoms with Gasteiger partial charge in [0, 0.05) is 16.7 Å². The van der Waals surface area contributed by atoms with Crippen molar-refractivity contribution in [2.45, 2.75) is 23.5 Å². The fourth-order valence-corrected chi connectivity index (χ4v) is 3.00. The Kier molecular flexibility index (Phi) is 4.81. The Morgan fingerprint density at radius 3 is 2.57 bits per heavy atom. The maximum absolute atomic E-state index is 11.3. The molecule has 110 valence electrons. The minimum atomic E-state index is -0.950. The number of thioether (sulfide) groups is 1. The van der Waals surface area contributed by atoms with Crippen molar-refractivity contribution in [3.8, 4) is 11.3 Å². The molecule has 0 aliphatic rings. The van der Waals surface area contributed by atoms with Crippen LogP contribution in [0.5, 0.6) is 0 Å². The van der Waals surface area contributed by atoms with E-state index < -0.39 is 10.7 Å². The summed E-state index contributed by atoms with van der Waals surface area (Å²) in [6, 6.07) is 8.87. The van der Waals surface area contributed by atoms with Crippen molar-refractivity contribution < 1.29 is 9.90 Å². The van der Waals surface area contributed by atoms with E-state index in [9.17, 15) is 9.90 Å². The van der Waals surface area contributed by atoms with Crippen molar-refractivity contribution in [2.75, 3.05) is 0 Å². The van der Waals surface area contributed by atoms with E-state index in [1.807, 2.05) is 12.1 Å². The summed E-state index contributed by atoms with van der Waals surface area (Å²) in [5.74, 6) is -0.878. The molecule has 0 atom stereocenters. The minimum absolute atomic E-state index is 0.438. The first-order valence-corrected chi connectivity index (χ1v) is 7.71. The quantitative estimate of drug-likeness (QED) is 0.794. The van der Waals surface area contributed by atoms with E-state index in [2.05, 4.69) is 4.98 Å². The average Bonchev–Trinajstić information content (AvgIpc) is 2.42.